The Morgan fingerprint density at radius 2 is 1.86 bits per heavy atom. The maximum Gasteiger partial charge on any atom is 0.414 e. The van der Waals surface area contributed by atoms with E-state index in [1.807, 2.05) is 0 Å². The van der Waals surface area contributed by atoms with Crippen LogP contribution in [0.2, 0.25) is 0 Å². The smallest absolute Gasteiger partial charge is 0.383 e. The van der Waals surface area contributed by atoms with Gasteiger partial charge in [0.25, 0.3) is 5.91 Å². The molecule has 1 fully saturated rings. The quantitative estimate of drug-likeness (QED) is 0.904. The van der Waals surface area contributed by atoms with Gasteiger partial charge in [0.2, 0.25) is 0 Å². The van der Waals surface area contributed by atoms with Gasteiger partial charge in [-0.05, 0) is 32.6 Å². The lowest BCUT2D eigenvalue weighted by Gasteiger charge is -2.34. The van der Waals surface area contributed by atoms with Crippen molar-refractivity contribution in [3.63, 3.8) is 0 Å². The average Bonchev–Trinajstić information content (AvgIpc) is 2.70. The van der Waals surface area contributed by atoms with Crippen LogP contribution in [0.25, 0.3) is 0 Å². The molecule has 22 heavy (non-hydrogen) atoms. The summed E-state index contributed by atoms with van der Waals surface area (Å²) in [4.78, 5) is 14.1. The van der Waals surface area contributed by atoms with E-state index in [-0.39, 0.29) is 31.8 Å². The van der Waals surface area contributed by atoms with Gasteiger partial charge in [-0.1, -0.05) is 0 Å². The lowest BCUT2D eigenvalue weighted by atomic mass is 9.90. The summed E-state index contributed by atoms with van der Waals surface area (Å²) in [5.74, 6) is -1.05. The van der Waals surface area contributed by atoms with Gasteiger partial charge >= 0.3 is 6.18 Å². The molecule has 0 bridgehead atoms. The van der Waals surface area contributed by atoms with E-state index in [1.54, 1.807) is 25.6 Å². The van der Waals surface area contributed by atoms with Crippen molar-refractivity contribution in [3.8, 4) is 0 Å². The maximum atomic E-state index is 12.5. The molecular weight excluding hydrogens is 299 g/mol. The molecule has 1 N–H and O–H groups in total. The minimum absolute atomic E-state index is 0.144. The third kappa shape index (κ3) is 3.11. The highest BCUT2D eigenvalue weighted by Gasteiger charge is 2.44. The van der Waals surface area contributed by atoms with Gasteiger partial charge in [-0.15, -0.1) is 0 Å². The summed E-state index contributed by atoms with van der Waals surface area (Å²) in [5.41, 5.74) is 1.86. The number of nitrogens with zero attached hydrogens (tertiary/aromatic N) is 3. The zero-order chi connectivity index (χ0) is 16.7. The summed E-state index contributed by atoms with van der Waals surface area (Å²) in [5, 5.41) is 13.5. The van der Waals surface area contributed by atoms with Gasteiger partial charge in [0.15, 0.2) is 6.10 Å². The molecule has 124 valence electrons. The van der Waals surface area contributed by atoms with E-state index in [0.717, 1.165) is 5.69 Å². The summed E-state index contributed by atoms with van der Waals surface area (Å²) < 4.78 is 39.2. The number of hydrogen-bond acceptors (Lipinski definition) is 3. The second-order valence-electron chi connectivity index (χ2n) is 5.79. The van der Waals surface area contributed by atoms with Crippen molar-refractivity contribution in [2.75, 3.05) is 13.1 Å². The molecule has 2 heterocycles. The van der Waals surface area contributed by atoms with Crippen LogP contribution in [0.15, 0.2) is 0 Å². The first-order valence-corrected chi connectivity index (χ1v) is 7.17. The number of halogens is 3. The van der Waals surface area contributed by atoms with E-state index < -0.39 is 18.2 Å². The molecule has 0 saturated carbocycles. The van der Waals surface area contributed by atoms with Crippen LogP contribution in [0.5, 0.6) is 0 Å². The van der Waals surface area contributed by atoms with Gasteiger partial charge in [-0.2, -0.15) is 18.3 Å². The van der Waals surface area contributed by atoms with E-state index in [9.17, 15) is 23.1 Å². The van der Waals surface area contributed by atoms with Gasteiger partial charge < -0.3 is 10.0 Å². The number of amides is 1. The number of likely N-dealkylation sites (tertiary alicyclic amines) is 1. The molecule has 0 aliphatic carbocycles. The third-order valence-corrected chi connectivity index (χ3v) is 4.33. The Morgan fingerprint density at radius 1 is 1.32 bits per heavy atom. The van der Waals surface area contributed by atoms with E-state index in [4.69, 9.17) is 0 Å². The van der Waals surface area contributed by atoms with Crippen molar-refractivity contribution in [3.05, 3.63) is 17.0 Å². The largest absolute Gasteiger partial charge is 0.414 e. The summed E-state index contributed by atoms with van der Waals surface area (Å²) in [6.45, 7) is 3.95. The SMILES string of the molecule is Cc1nn(C)c(C)c1C(=O)N1CCC(C(O)C(F)(F)F)CC1. The first-order chi connectivity index (χ1) is 10.1. The second kappa shape index (κ2) is 5.91. The molecule has 1 unspecified atom stereocenters. The monoisotopic (exact) mass is 319 g/mol. The maximum absolute atomic E-state index is 12.5. The van der Waals surface area contributed by atoms with Crippen molar-refractivity contribution in [1.82, 2.24) is 14.7 Å². The normalized spacial score (nSPS) is 18.6. The fourth-order valence-corrected chi connectivity index (χ4v) is 2.93. The van der Waals surface area contributed by atoms with Gasteiger partial charge in [0.1, 0.15) is 0 Å². The van der Waals surface area contributed by atoms with Crippen LogP contribution in [0.4, 0.5) is 13.2 Å². The second-order valence-corrected chi connectivity index (χ2v) is 5.79. The van der Waals surface area contributed by atoms with E-state index in [0.29, 0.717) is 11.3 Å². The van der Waals surface area contributed by atoms with Crippen LogP contribution in [-0.4, -0.2) is 51.1 Å². The summed E-state index contributed by atoms with van der Waals surface area (Å²) in [6, 6.07) is 0. The topological polar surface area (TPSA) is 58.4 Å². The first kappa shape index (κ1) is 16.8. The van der Waals surface area contributed by atoms with Gasteiger partial charge in [-0.25, -0.2) is 0 Å². The van der Waals surface area contributed by atoms with Gasteiger partial charge in [0, 0.05) is 25.8 Å². The van der Waals surface area contributed by atoms with Crippen molar-refractivity contribution < 1.29 is 23.1 Å². The molecule has 1 saturated heterocycles. The molecule has 1 aromatic rings. The van der Waals surface area contributed by atoms with Crippen molar-refractivity contribution in [2.24, 2.45) is 13.0 Å². The van der Waals surface area contributed by atoms with Crippen LogP contribution >= 0.6 is 0 Å². The fraction of sp³-hybridized carbons (Fsp3) is 0.714. The van der Waals surface area contributed by atoms with Crippen LogP contribution in [0.1, 0.15) is 34.6 Å². The highest BCUT2D eigenvalue weighted by atomic mass is 19.4. The predicted octanol–water partition coefficient (Wildman–Crippen LogP) is 1.81. The number of carbonyl (C=O) groups is 1. The molecular formula is C14H20F3N3O2. The minimum Gasteiger partial charge on any atom is -0.383 e. The number of aliphatic hydroxyl groups excluding tert-OH is 1. The molecule has 8 heteroatoms. The molecule has 0 aromatic carbocycles. The van der Waals surface area contributed by atoms with Crippen LogP contribution in [-0.2, 0) is 7.05 Å². The lowest BCUT2D eigenvalue weighted by Crippen LogP contribution is -2.45. The lowest BCUT2D eigenvalue weighted by molar-refractivity contribution is -0.222. The molecule has 2 rings (SSSR count). The van der Waals surface area contributed by atoms with E-state index in [1.165, 1.54) is 4.90 Å². The molecule has 5 nitrogen and oxygen atoms in total. The van der Waals surface area contributed by atoms with E-state index >= 15 is 0 Å². The predicted molar refractivity (Wildman–Crippen MR) is 73.4 cm³/mol. The molecule has 1 atom stereocenters. The van der Waals surface area contributed by atoms with Gasteiger partial charge in [0.05, 0.1) is 11.3 Å². The summed E-state index contributed by atoms with van der Waals surface area (Å²) in [6.07, 6.45) is -6.63. The molecule has 1 amide bonds. The molecule has 1 aromatic heterocycles. The van der Waals surface area contributed by atoms with Crippen molar-refractivity contribution in [1.29, 1.82) is 0 Å². The Bertz CT molecular complexity index is 560. The summed E-state index contributed by atoms with van der Waals surface area (Å²) >= 11 is 0. The Hall–Kier alpha value is -1.57. The Labute approximate surface area is 126 Å². The fourth-order valence-electron chi connectivity index (χ4n) is 2.93. The van der Waals surface area contributed by atoms with Gasteiger partial charge in [-0.3, -0.25) is 9.48 Å². The zero-order valence-corrected chi connectivity index (χ0v) is 12.8. The summed E-state index contributed by atoms with van der Waals surface area (Å²) in [7, 11) is 1.74. The third-order valence-electron chi connectivity index (χ3n) is 4.33. The molecule has 1 aliphatic rings. The van der Waals surface area contributed by atoms with Crippen LogP contribution < -0.4 is 0 Å². The Morgan fingerprint density at radius 3 is 2.27 bits per heavy atom. The minimum atomic E-state index is -4.60. The number of aromatic nitrogens is 2. The number of carbonyl (C=O) groups excluding carboxylic acids is 1. The average molecular weight is 319 g/mol. The molecule has 1 aliphatic heterocycles. The number of rotatable bonds is 2. The number of piperidine rings is 1. The first-order valence-electron chi connectivity index (χ1n) is 7.17. The standard InChI is InChI=1S/C14H20F3N3O2/c1-8-11(9(2)19(3)18-8)13(22)20-6-4-10(5-7-20)12(21)14(15,16)17/h10,12,21H,4-7H2,1-3H3. The highest BCUT2D eigenvalue weighted by Crippen LogP contribution is 2.32. The van der Waals surface area contributed by atoms with Crippen LogP contribution in [0.3, 0.4) is 0 Å². The van der Waals surface area contributed by atoms with Crippen molar-refractivity contribution in [2.45, 2.75) is 39.0 Å². The molecule has 0 spiro atoms. The van der Waals surface area contributed by atoms with Crippen molar-refractivity contribution >= 4 is 5.91 Å². The van der Waals surface area contributed by atoms with Crippen LogP contribution in [0, 0.1) is 19.8 Å². The highest BCUT2D eigenvalue weighted by molar-refractivity contribution is 5.96. The number of aliphatic hydroxyl groups is 1. The molecule has 0 radical (unpaired) electrons. The number of alkyl halides is 3. The Balaban J connectivity index is 2.04. The Kier molecular flexibility index (Phi) is 4.51. The van der Waals surface area contributed by atoms with E-state index in [2.05, 4.69) is 5.10 Å². The number of aryl methyl sites for hydroxylation is 2. The zero-order valence-electron chi connectivity index (χ0n) is 12.8. The number of hydrogen-bond donors (Lipinski definition) is 1.